The second kappa shape index (κ2) is 4.90. The quantitative estimate of drug-likeness (QED) is 0.742. The number of hydrogen-bond acceptors (Lipinski definition) is 2. The maximum atomic E-state index is 12.5. The Bertz CT molecular complexity index is 562. The number of amides is 2. The Morgan fingerprint density at radius 2 is 2.00 bits per heavy atom. The first-order valence-electron chi connectivity index (χ1n) is 6.14. The van der Waals surface area contributed by atoms with Crippen molar-refractivity contribution in [3.8, 4) is 0 Å². The van der Waals surface area contributed by atoms with Gasteiger partial charge in [-0.15, -0.1) is 0 Å². The molecule has 100 valence electrons. The fourth-order valence-electron chi connectivity index (χ4n) is 2.71. The lowest BCUT2D eigenvalue weighted by Gasteiger charge is -2.36. The number of nitrogens with zero attached hydrogens (tertiary/aromatic N) is 2. The number of rotatable bonds is 1. The maximum Gasteiger partial charge on any atom is 0.250 e. The minimum absolute atomic E-state index is 0.0279. The summed E-state index contributed by atoms with van der Waals surface area (Å²) in [5.74, 6) is 0.0667. The van der Waals surface area contributed by atoms with Crippen LogP contribution in [0.4, 0.5) is 5.69 Å². The molecule has 0 aliphatic carbocycles. The molecular weight excluding hydrogens is 376 g/mol. The van der Waals surface area contributed by atoms with Gasteiger partial charge in [-0.3, -0.25) is 9.59 Å². The second-order valence-electron chi connectivity index (χ2n) is 4.77. The zero-order chi connectivity index (χ0) is 13.6. The largest absolute Gasteiger partial charge is 0.329 e. The molecule has 0 bridgehead atoms. The average molecular weight is 388 g/mol. The lowest BCUT2D eigenvalue weighted by atomic mass is 10.1. The number of halogens is 2. The lowest BCUT2D eigenvalue weighted by molar-refractivity contribution is -0.140. The Morgan fingerprint density at radius 1 is 1.21 bits per heavy atom. The van der Waals surface area contributed by atoms with Crippen LogP contribution in [0, 0.1) is 0 Å². The predicted molar refractivity (Wildman–Crippen MR) is 78.9 cm³/mol. The van der Waals surface area contributed by atoms with E-state index < -0.39 is 0 Å². The molecule has 1 unspecified atom stereocenters. The molecule has 0 spiro atoms. The van der Waals surface area contributed by atoms with Crippen LogP contribution in [-0.2, 0) is 9.59 Å². The summed E-state index contributed by atoms with van der Waals surface area (Å²) < 4.78 is 1.75. The molecular formula is C13H12Br2N2O2. The highest BCUT2D eigenvalue weighted by Crippen LogP contribution is 2.33. The van der Waals surface area contributed by atoms with Crippen LogP contribution in [0.25, 0.3) is 0 Å². The Balaban J connectivity index is 1.96. The molecule has 2 fully saturated rings. The van der Waals surface area contributed by atoms with Gasteiger partial charge in [-0.2, -0.15) is 0 Å². The molecule has 0 saturated carbocycles. The minimum Gasteiger partial charge on any atom is -0.329 e. The molecule has 3 rings (SSSR count). The Morgan fingerprint density at radius 3 is 2.74 bits per heavy atom. The first-order chi connectivity index (χ1) is 9.08. The summed E-state index contributed by atoms with van der Waals surface area (Å²) in [5.41, 5.74) is 0.758. The van der Waals surface area contributed by atoms with E-state index in [0.717, 1.165) is 27.5 Å². The number of piperazine rings is 1. The van der Waals surface area contributed by atoms with E-state index in [4.69, 9.17) is 0 Å². The molecule has 0 aromatic heterocycles. The summed E-state index contributed by atoms with van der Waals surface area (Å²) in [6.45, 7) is 0.847. The van der Waals surface area contributed by atoms with Gasteiger partial charge in [-0.25, -0.2) is 0 Å². The van der Waals surface area contributed by atoms with Crippen LogP contribution in [-0.4, -0.2) is 35.8 Å². The van der Waals surface area contributed by atoms with Gasteiger partial charge < -0.3 is 9.80 Å². The van der Waals surface area contributed by atoms with E-state index in [-0.39, 0.29) is 24.4 Å². The molecule has 0 N–H and O–H groups in total. The summed E-state index contributed by atoms with van der Waals surface area (Å²) in [6, 6.07) is 5.34. The maximum absolute atomic E-state index is 12.5. The Hall–Kier alpha value is -0.880. The zero-order valence-electron chi connectivity index (χ0n) is 10.1. The van der Waals surface area contributed by atoms with E-state index in [1.54, 1.807) is 9.80 Å². The Kier molecular flexibility index (Phi) is 3.39. The van der Waals surface area contributed by atoms with Crippen molar-refractivity contribution in [1.82, 2.24) is 4.90 Å². The van der Waals surface area contributed by atoms with Crippen molar-refractivity contribution in [2.75, 3.05) is 18.0 Å². The van der Waals surface area contributed by atoms with Gasteiger partial charge >= 0.3 is 0 Å². The van der Waals surface area contributed by atoms with Gasteiger partial charge in [0, 0.05) is 15.5 Å². The molecule has 6 heteroatoms. The van der Waals surface area contributed by atoms with E-state index in [1.165, 1.54) is 0 Å². The summed E-state index contributed by atoms with van der Waals surface area (Å²) in [5, 5.41) is 0. The third-order valence-electron chi connectivity index (χ3n) is 3.62. The normalized spacial score (nSPS) is 22.9. The fourth-order valence-corrected chi connectivity index (χ4v) is 3.97. The smallest absolute Gasteiger partial charge is 0.250 e. The van der Waals surface area contributed by atoms with Crippen LogP contribution in [0.5, 0.6) is 0 Å². The molecule has 2 heterocycles. The van der Waals surface area contributed by atoms with Crippen molar-refractivity contribution >= 4 is 49.4 Å². The number of benzene rings is 1. The van der Waals surface area contributed by atoms with Crippen molar-refractivity contribution in [3.63, 3.8) is 0 Å². The molecule has 2 amide bonds. The molecule has 19 heavy (non-hydrogen) atoms. The highest BCUT2D eigenvalue weighted by atomic mass is 79.9. The van der Waals surface area contributed by atoms with Crippen LogP contribution in [0.1, 0.15) is 12.8 Å². The SMILES string of the molecule is O=C1C2CCCN2C(=O)CN1c1ccc(Br)cc1Br. The second-order valence-corrected chi connectivity index (χ2v) is 6.54. The summed E-state index contributed by atoms with van der Waals surface area (Å²) in [6.07, 6.45) is 1.69. The van der Waals surface area contributed by atoms with E-state index in [9.17, 15) is 9.59 Å². The van der Waals surface area contributed by atoms with Gasteiger partial charge in [0.25, 0.3) is 0 Å². The highest BCUT2D eigenvalue weighted by molar-refractivity contribution is 9.11. The third-order valence-corrected chi connectivity index (χ3v) is 4.75. The molecule has 2 saturated heterocycles. The van der Waals surface area contributed by atoms with Crippen LogP contribution in [0.15, 0.2) is 27.1 Å². The molecule has 1 atom stereocenters. The number of carbonyl (C=O) groups excluding carboxylic acids is 2. The van der Waals surface area contributed by atoms with Crippen molar-refractivity contribution in [1.29, 1.82) is 0 Å². The average Bonchev–Trinajstić information content (AvgIpc) is 2.84. The van der Waals surface area contributed by atoms with Gasteiger partial charge in [0.05, 0.1) is 5.69 Å². The van der Waals surface area contributed by atoms with Gasteiger partial charge in [-0.1, -0.05) is 15.9 Å². The topological polar surface area (TPSA) is 40.6 Å². The first kappa shape index (κ1) is 13.1. The van der Waals surface area contributed by atoms with Gasteiger partial charge in [0.2, 0.25) is 11.8 Å². The molecule has 4 nitrogen and oxygen atoms in total. The van der Waals surface area contributed by atoms with Crippen molar-refractivity contribution in [3.05, 3.63) is 27.1 Å². The number of anilines is 1. The van der Waals surface area contributed by atoms with E-state index in [0.29, 0.717) is 6.54 Å². The monoisotopic (exact) mass is 386 g/mol. The van der Waals surface area contributed by atoms with E-state index >= 15 is 0 Å². The molecule has 1 aromatic rings. The van der Waals surface area contributed by atoms with Crippen LogP contribution in [0.3, 0.4) is 0 Å². The van der Waals surface area contributed by atoms with Crippen LogP contribution >= 0.6 is 31.9 Å². The van der Waals surface area contributed by atoms with Gasteiger partial charge in [0.1, 0.15) is 12.6 Å². The molecule has 0 radical (unpaired) electrons. The predicted octanol–water partition coefficient (Wildman–Crippen LogP) is 2.55. The van der Waals surface area contributed by atoms with Gasteiger partial charge in [-0.05, 0) is 47.0 Å². The van der Waals surface area contributed by atoms with Crippen molar-refractivity contribution in [2.45, 2.75) is 18.9 Å². The Labute approximate surface area is 128 Å². The van der Waals surface area contributed by atoms with Gasteiger partial charge in [0.15, 0.2) is 0 Å². The van der Waals surface area contributed by atoms with Crippen LogP contribution < -0.4 is 4.90 Å². The number of carbonyl (C=O) groups is 2. The van der Waals surface area contributed by atoms with Crippen molar-refractivity contribution in [2.24, 2.45) is 0 Å². The summed E-state index contributed by atoms with van der Waals surface area (Å²) >= 11 is 6.84. The number of fused-ring (bicyclic) bond motifs is 1. The first-order valence-corrected chi connectivity index (χ1v) is 7.72. The zero-order valence-corrected chi connectivity index (χ0v) is 13.3. The summed E-state index contributed by atoms with van der Waals surface area (Å²) in [7, 11) is 0. The van der Waals surface area contributed by atoms with E-state index in [2.05, 4.69) is 31.9 Å². The van der Waals surface area contributed by atoms with E-state index in [1.807, 2.05) is 18.2 Å². The van der Waals surface area contributed by atoms with Crippen LogP contribution in [0.2, 0.25) is 0 Å². The standard InChI is InChI=1S/C13H12Br2N2O2/c14-8-3-4-10(9(15)6-8)17-7-12(18)16-5-1-2-11(16)13(17)19/h3-4,6,11H,1-2,5,7H2. The molecule has 2 aliphatic rings. The molecule has 1 aromatic carbocycles. The number of hydrogen-bond donors (Lipinski definition) is 0. The lowest BCUT2D eigenvalue weighted by Crippen LogP contribution is -2.57. The third kappa shape index (κ3) is 2.21. The fraction of sp³-hybridized carbons (Fsp3) is 0.385. The summed E-state index contributed by atoms with van der Waals surface area (Å²) in [4.78, 5) is 27.9. The minimum atomic E-state index is -0.267. The highest BCUT2D eigenvalue weighted by Gasteiger charge is 2.42. The molecule has 2 aliphatic heterocycles. The van der Waals surface area contributed by atoms with Crippen molar-refractivity contribution < 1.29 is 9.59 Å².